The lowest BCUT2D eigenvalue weighted by atomic mass is 9.97. The van der Waals surface area contributed by atoms with Crippen molar-refractivity contribution >= 4 is 34.0 Å². The molecule has 0 spiro atoms. The van der Waals surface area contributed by atoms with E-state index < -0.39 is 22.8 Å². The average molecular weight is 484 g/mol. The van der Waals surface area contributed by atoms with Crippen LogP contribution in [0.2, 0.25) is 0 Å². The maximum Gasteiger partial charge on any atom is 0.273 e. The van der Waals surface area contributed by atoms with E-state index in [0.29, 0.717) is 22.7 Å². The summed E-state index contributed by atoms with van der Waals surface area (Å²) in [7, 11) is 1.57. The van der Waals surface area contributed by atoms with E-state index >= 15 is 0 Å². The molecule has 0 fully saturated rings. The Hall–Kier alpha value is -3.86. The van der Waals surface area contributed by atoms with Gasteiger partial charge in [-0.15, -0.1) is 10.2 Å². The highest BCUT2D eigenvalue weighted by Gasteiger charge is 2.28. The quantitative estimate of drug-likeness (QED) is 0.343. The minimum atomic E-state index is -0.873. The molecule has 10 nitrogen and oxygen atoms in total. The molecule has 3 rings (SSSR count). The molecule has 0 aliphatic rings. The van der Waals surface area contributed by atoms with Crippen molar-refractivity contribution < 1.29 is 19.2 Å². The number of hydrogen-bond donors (Lipinski definition) is 2. The van der Waals surface area contributed by atoms with Crippen molar-refractivity contribution in [2.75, 3.05) is 12.4 Å². The van der Waals surface area contributed by atoms with Gasteiger partial charge in [-0.25, -0.2) is 0 Å². The van der Waals surface area contributed by atoms with Gasteiger partial charge in [0.2, 0.25) is 11.0 Å². The molecule has 2 N–H and O–H groups in total. The molecular weight excluding hydrogens is 458 g/mol. The smallest absolute Gasteiger partial charge is 0.273 e. The van der Waals surface area contributed by atoms with Crippen LogP contribution in [0.4, 0.5) is 10.8 Å². The second kappa shape index (κ2) is 10.8. The Bertz CT molecular complexity index is 1210. The molecule has 0 aliphatic heterocycles. The number of ether oxygens (including phenoxy) is 1. The van der Waals surface area contributed by atoms with Crippen molar-refractivity contribution in [3.63, 3.8) is 0 Å². The van der Waals surface area contributed by atoms with Gasteiger partial charge in [0, 0.05) is 22.8 Å². The van der Waals surface area contributed by atoms with Gasteiger partial charge >= 0.3 is 0 Å². The molecule has 2 aromatic carbocycles. The fraction of sp³-hybridized carbons (Fsp3) is 0.304. The normalized spacial score (nSPS) is 12.5. The number of benzene rings is 2. The van der Waals surface area contributed by atoms with E-state index in [-0.39, 0.29) is 22.3 Å². The van der Waals surface area contributed by atoms with Gasteiger partial charge in [0.25, 0.3) is 11.6 Å². The lowest BCUT2D eigenvalue weighted by molar-refractivity contribution is -0.385. The first-order chi connectivity index (χ1) is 16.2. The molecule has 2 amide bonds. The molecule has 178 valence electrons. The fourth-order valence-corrected chi connectivity index (χ4v) is 3.95. The summed E-state index contributed by atoms with van der Waals surface area (Å²) < 4.78 is 5.23. The first-order valence-corrected chi connectivity index (χ1v) is 11.4. The highest BCUT2D eigenvalue weighted by atomic mass is 32.1. The van der Waals surface area contributed by atoms with E-state index in [9.17, 15) is 19.7 Å². The lowest BCUT2D eigenvalue weighted by Gasteiger charge is -2.23. The highest BCUT2D eigenvalue weighted by molar-refractivity contribution is 7.18. The van der Waals surface area contributed by atoms with Crippen LogP contribution in [0.3, 0.4) is 0 Å². The molecule has 2 unspecified atom stereocenters. The first-order valence-electron chi connectivity index (χ1n) is 10.6. The molecule has 0 aliphatic carbocycles. The molecule has 1 aromatic heterocycles. The number of nitro groups is 1. The predicted molar refractivity (Wildman–Crippen MR) is 129 cm³/mol. The molecule has 3 aromatic rings. The van der Waals surface area contributed by atoms with Crippen LogP contribution >= 0.6 is 11.3 Å². The molecule has 0 saturated heterocycles. The van der Waals surface area contributed by atoms with Crippen LogP contribution in [0.1, 0.15) is 36.2 Å². The number of carbonyl (C=O) groups excluding carboxylic acids is 2. The first kappa shape index (κ1) is 24.8. The summed E-state index contributed by atoms with van der Waals surface area (Å²) in [6.45, 7) is 5.33. The van der Waals surface area contributed by atoms with Gasteiger partial charge in [-0.3, -0.25) is 25.0 Å². The van der Waals surface area contributed by atoms with Crippen molar-refractivity contribution in [2.24, 2.45) is 5.92 Å². The zero-order valence-corrected chi connectivity index (χ0v) is 20.0. The van der Waals surface area contributed by atoms with Crippen LogP contribution in [-0.4, -0.2) is 40.1 Å². The van der Waals surface area contributed by atoms with Crippen LogP contribution < -0.4 is 15.4 Å². The van der Waals surface area contributed by atoms with E-state index in [0.717, 1.165) is 5.56 Å². The Kier molecular flexibility index (Phi) is 7.90. The third-order valence-electron chi connectivity index (χ3n) is 5.42. The number of anilines is 1. The van der Waals surface area contributed by atoms with Crippen LogP contribution in [-0.2, 0) is 4.79 Å². The maximum atomic E-state index is 13.0. The molecule has 11 heteroatoms. The fourth-order valence-electron chi connectivity index (χ4n) is 3.20. The van der Waals surface area contributed by atoms with E-state index in [1.807, 2.05) is 38.1 Å². The number of hydrogen-bond acceptors (Lipinski definition) is 8. The third-order valence-corrected chi connectivity index (χ3v) is 6.31. The van der Waals surface area contributed by atoms with Gasteiger partial charge in [0.1, 0.15) is 16.8 Å². The number of aromatic nitrogens is 2. The van der Waals surface area contributed by atoms with Crippen LogP contribution in [0, 0.1) is 23.0 Å². The van der Waals surface area contributed by atoms with E-state index in [4.69, 9.17) is 4.74 Å². The number of nitrogens with zero attached hydrogens (tertiary/aromatic N) is 3. The van der Waals surface area contributed by atoms with Crippen molar-refractivity contribution in [1.29, 1.82) is 0 Å². The SMILES string of the molecule is CCC(C)C(NC(=O)c1ccc(C)c([N+](=O)[O-])c1)C(=O)Nc1nnc(-c2cccc(OC)c2)s1. The van der Waals surface area contributed by atoms with Gasteiger partial charge in [-0.2, -0.15) is 0 Å². The monoisotopic (exact) mass is 483 g/mol. The molecular formula is C23H25N5O5S. The molecule has 0 saturated carbocycles. The molecule has 1 heterocycles. The van der Waals surface area contributed by atoms with E-state index in [1.54, 1.807) is 14.0 Å². The predicted octanol–water partition coefficient (Wildman–Crippen LogP) is 4.21. The van der Waals surface area contributed by atoms with Gasteiger partial charge in [-0.05, 0) is 31.0 Å². The second-order valence-corrected chi connectivity index (χ2v) is 8.71. The molecule has 2 atom stereocenters. The number of nitro benzene ring substituents is 1. The Labute approximate surface area is 200 Å². The molecule has 0 bridgehead atoms. The summed E-state index contributed by atoms with van der Waals surface area (Å²) >= 11 is 1.19. The van der Waals surface area contributed by atoms with Crippen LogP contribution in [0.5, 0.6) is 5.75 Å². The van der Waals surface area contributed by atoms with Crippen LogP contribution in [0.15, 0.2) is 42.5 Å². The lowest BCUT2D eigenvalue weighted by Crippen LogP contribution is -2.47. The number of rotatable bonds is 9. The van der Waals surface area contributed by atoms with Crippen molar-refractivity contribution in [2.45, 2.75) is 33.2 Å². The van der Waals surface area contributed by atoms with Gasteiger partial charge < -0.3 is 10.1 Å². The van der Waals surface area contributed by atoms with Gasteiger partial charge in [-0.1, -0.05) is 49.8 Å². The Morgan fingerprint density at radius 2 is 1.97 bits per heavy atom. The topological polar surface area (TPSA) is 136 Å². The van der Waals surface area contributed by atoms with Crippen molar-refractivity contribution in [3.05, 3.63) is 63.7 Å². The number of methoxy groups -OCH3 is 1. The van der Waals surface area contributed by atoms with Crippen molar-refractivity contribution in [3.8, 4) is 16.3 Å². The average Bonchev–Trinajstić information content (AvgIpc) is 3.30. The summed E-state index contributed by atoms with van der Waals surface area (Å²) in [5, 5.41) is 25.7. The largest absolute Gasteiger partial charge is 0.497 e. The number of carbonyl (C=O) groups is 2. The molecule has 34 heavy (non-hydrogen) atoms. The minimum Gasteiger partial charge on any atom is -0.497 e. The summed E-state index contributed by atoms with van der Waals surface area (Å²) in [6, 6.07) is 10.7. The summed E-state index contributed by atoms with van der Waals surface area (Å²) in [4.78, 5) is 36.5. The van der Waals surface area contributed by atoms with Crippen LogP contribution in [0.25, 0.3) is 10.6 Å². The van der Waals surface area contributed by atoms with E-state index in [2.05, 4.69) is 20.8 Å². The summed E-state index contributed by atoms with van der Waals surface area (Å²) in [5.41, 5.74) is 1.19. The summed E-state index contributed by atoms with van der Waals surface area (Å²) in [5.74, 6) is -0.542. The second-order valence-electron chi connectivity index (χ2n) is 7.73. The zero-order chi connectivity index (χ0) is 24.8. The number of nitrogens with one attached hydrogen (secondary N) is 2. The Morgan fingerprint density at radius 3 is 2.65 bits per heavy atom. The summed E-state index contributed by atoms with van der Waals surface area (Å²) in [6.07, 6.45) is 0.623. The van der Waals surface area contributed by atoms with Gasteiger partial charge in [0.15, 0.2) is 0 Å². The standard InChI is InChI=1S/C23H25N5O5S/c1-5-13(2)19(24-20(29)15-10-9-14(3)18(12-15)28(31)32)21(30)25-23-27-26-22(34-23)16-7-6-8-17(11-16)33-4/h6-13,19H,5H2,1-4H3,(H,24,29)(H,25,27,30). The zero-order valence-electron chi connectivity index (χ0n) is 19.2. The number of aryl methyl sites for hydroxylation is 1. The molecule has 0 radical (unpaired) electrons. The Morgan fingerprint density at radius 1 is 1.21 bits per heavy atom. The van der Waals surface area contributed by atoms with Gasteiger partial charge in [0.05, 0.1) is 12.0 Å². The highest BCUT2D eigenvalue weighted by Crippen LogP contribution is 2.29. The van der Waals surface area contributed by atoms with E-state index in [1.165, 1.54) is 29.5 Å². The number of amides is 2. The van der Waals surface area contributed by atoms with Crippen molar-refractivity contribution in [1.82, 2.24) is 15.5 Å². The Balaban J connectivity index is 1.76. The maximum absolute atomic E-state index is 13.0. The minimum absolute atomic E-state index is 0.106. The third kappa shape index (κ3) is 5.73.